The first kappa shape index (κ1) is 22.5. The topological polar surface area (TPSA) is 110 Å². The summed E-state index contributed by atoms with van der Waals surface area (Å²) in [5.74, 6) is -0.212. The number of fused-ring (bicyclic) bond motifs is 1. The van der Waals surface area contributed by atoms with Crippen molar-refractivity contribution < 1.29 is 17.9 Å². The summed E-state index contributed by atoms with van der Waals surface area (Å²) in [7, 11) is -3.98. The minimum atomic E-state index is -3.98. The van der Waals surface area contributed by atoms with Gasteiger partial charge in [0.1, 0.15) is 0 Å². The van der Waals surface area contributed by atoms with Crippen molar-refractivity contribution in [2.24, 2.45) is 0 Å². The van der Waals surface area contributed by atoms with Gasteiger partial charge in [-0.2, -0.15) is 0 Å². The van der Waals surface area contributed by atoms with Gasteiger partial charge in [-0.1, -0.05) is 29.8 Å². The quantitative estimate of drug-likeness (QED) is 0.356. The molecule has 0 aliphatic carbocycles. The third-order valence-corrected chi connectivity index (χ3v) is 6.14. The van der Waals surface area contributed by atoms with Gasteiger partial charge in [-0.3, -0.25) is 4.72 Å². The van der Waals surface area contributed by atoms with Gasteiger partial charge in [0.2, 0.25) is 0 Å². The maximum atomic E-state index is 13.0. The predicted molar refractivity (Wildman–Crippen MR) is 127 cm³/mol. The number of rotatable bonds is 7. The normalized spacial score (nSPS) is 11.2. The maximum absolute atomic E-state index is 13.0. The number of para-hydroxylation sites is 2. The lowest BCUT2D eigenvalue weighted by molar-refractivity contribution is 0.0526. The number of carbonyl (C=O) groups excluding carboxylic acids is 1. The van der Waals surface area contributed by atoms with E-state index in [1.807, 2.05) is 6.07 Å². The van der Waals surface area contributed by atoms with Crippen LogP contribution >= 0.6 is 11.6 Å². The number of aromatic nitrogens is 2. The molecular weight excluding hydrogens is 464 g/mol. The molecule has 0 spiro atoms. The number of hydrogen-bond donors (Lipinski definition) is 2. The minimum Gasteiger partial charge on any atom is -0.462 e. The zero-order chi connectivity index (χ0) is 23.4. The Bertz CT molecular complexity index is 1430. The SMILES string of the molecule is CCOC(=O)c1ccc(Nc2nc3ccccc3nc2NS(=O)(=O)c2cccc(Cl)c2)cc1. The summed E-state index contributed by atoms with van der Waals surface area (Å²) >= 11 is 5.96. The molecule has 0 bridgehead atoms. The molecule has 4 aromatic rings. The first-order valence-corrected chi connectivity index (χ1v) is 11.8. The van der Waals surface area contributed by atoms with Crippen molar-refractivity contribution in [3.8, 4) is 0 Å². The lowest BCUT2D eigenvalue weighted by atomic mass is 10.2. The monoisotopic (exact) mass is 482 g/mol. The van der Waals surface area contributed by atoms with Crippen LogP contribution in [0.1, 0.15) is 17.3 Å². The summed E-state index contributed by atoms with van der Waals surface area (Å²) in [4.78, 5) is 20.9. The fraction of sp³-hybridized carbons (Fsp3) is 0.0870. The largest absolute Gasteiger partial charge is 0.462 e. The lowest BCUT2D eigenvalue weighted by Gasteiger charge is -2.14. The zero-order valence-corrected chi connectivity index (χ0v) is 19.0. The lowest BCUT2D eigenvalue weighted by Crippen LogP contribution is -2.16. The number of benzene rings is 3. The van der Waals surface area contributed by atoms with Crippen molar-refractivity contribution in [2.45, 2.75) is 11.8 Å². The molecule has 0 unspecified atom stereocenters. The van der Waals surface area contributed by atoms with Crippen molar-refractivity contribution in [2.75, 3.05) is 16.6 Å². The van der Waals surface area contributed by atoms with Gasteiger partial charge in [0.15, 0.2) is 11.6 Å². The van der Waals surface area contributed by atoms with Crippen molar-refractivity contribution in [3.63, 3.8) is 0 Å². The van der Waals surface area contributed by atoms with Crippen LogP contribution in [0.3, 0.4) is 0 Å². The molecule has 3 aromatic carbocycles. The molecule has 33 heavy (non-hydrogen) atoms. The number of hydrogen-bond acceptors (Lipinski definition) is 7. The molecule has 0 fully saturated rings. The second-order valence-corrected chi connectivity index (χ2v) is 9.01. The van der Waals surface area contributed by atoms with E-state index in [-0.39, 0.29) is 23.1 Å². The second kappa shape index (κ2) is 9.43. The van der Waals surface area contributed by atoms with Crippen LogP contribution in [0, 0.1) is 0 Å². The van der Waals surface area contributed by atoms with Gasteiger partial charge in [0.05, 0.1) is 28.1 Å². The van der Waals surface area contributed by atoms with Crippen LogP contribution in [0.5, 0.6) is 0 Å². The molecule has 8 nitrogen and oxygen atoms in total. The minimum absolute atomic E-state index is 0.00491. The van der Waals surface area contributed by atoms with Crippen LogP contribution < -0.4 is 10.0 Å². The highest BCUT2D eigenvalue weighted by Gasteiger charge is 2.19. The van der Waals surface area contributed by atoms with Gasteiger partial charge in [0.25, 0.3) is 10.0 Å². The van der Waals surface area contributed by atoms with E-state index in [0.29, 0.717) is 27.3 Å². The van der Waals surface area contributed by atoms with Crippen LogP contribution in [-0.2, 0) is 14.8 Å². The fourth-order valence-corrected chi connectivity index (χ4v) is 4.33. The molecule has 0 saturated carbocycles. The summed E-state index contributed by atoms with van der Waals surface area (Å²) in [5, 5.41) is 3.36. The van der Waals surface area contributed by atoms with Gasteiger partial charge in [-0.25, -0.2) is 23.2 Å². The summed E-state index contributed by atoms with van der Waals surface area (Å²) in [6, 6.07) is 19.5. The highest BCUT2D eigenvalue weighted by Crippen LogP contribution is 2.28. The van der Waals surface area contributed by atoms with E-state index in [2.05, 4.69) is 20.0 Å². The van der Waals surface area contributed by atoms with Crippen LogP contribution in [-0.4, -0.2) is 31.0 Å². The zero-order valence-electron chi connectivity index (χ0n) is 17.4. The van der Waals surface area contributed by atoms with Gasteiger partial charge in [-0.15, -0.1) is 0 Å². The molecule has 2 N–H and O–H groups in total. The van der Waals surface area contributed by atoms with Gasteiger partial charge in [-0.05, 0) is 61.5 Å². The van der Waals surface area contributed by atoms with Gasteiger partial charge in [0, 0.05) is 10.7 Å². The molecule has 0 atom stereocenters. The van der Waals surface area contributed by atoms with Crippen molar-refractivity contribution >= 4 is 56.0 Å². The van der Waals surface area contributed by atoms with E-state index < -0.39 is 16.0 Å². The van der Waals surface area contributed by atoms with Crippen LogP contribution in [0.25, 0.3) is 11.0 Å². The molecule has 1 heterocycles. The van der Waals surface area contributed by atoms with Crippen molar-refractivity contribution in [1.82, 2.24) is 9.97 Å². The molecule has 0 radical (unpaired) electrons. The summed E-state index contributed by atoms with van der Waals surface area (Å²) < 4.78 is 33.4. The molecule has 4 rings (SSSR count). The highest BCUT2D eigenvalue weighted by atomic mass is 35.5. The molecule has 0 amide bonds. The maximum Gasteiger partial charge on any atom is 0.338 e. The standard InChI is InChI=1S/C23H19ClN4O4S/c1-2-32-23(29)15-10-12-17(13-11-15)25-21-22(27-20-9-4-3-8-19(20)26-21)28-33(30,31)18-7-5-6-16(24)14-18/h3-14H,2H2,1H3,(H,25,26)(H,27,28). The Hall–Kier alpha value is -3.69. The van der Waals surface area contributed by atoms with Crippen molar-refractivity contribution in [1.29, 1.82) is 0 Å². The summed E-state index contributed by atoms with van der Waals surface area (Å²) in [6.07, 6.45) is 0. The molecule has 1 aromatic heterocycles. The first-order valence-electron chi connectivity index (χ1n) is 9.95. The Balaban J connectivity index is 1.70. The Morgan fingerprint density at radius 2 is 1.61 bits per heavy atom. The van der Waals surface area contributed by atoms with Crippen LogP contribution in [0.2, 0.25) is 5.02 Å². The van der Waals surface area contributed by atoms with E-state index in [4.69, 9.17) is 16.3 Å². The molecule has 0 aliphatic rings. The third kappa shape index (κ3) is 5.21. The average Bonchev–Trinajstić information content (AvgIpc) is 2.80. The van der Waals surface area contributed by atoms with Gasteiger partial charge >= 0.3 is 5.97 Å². The van der Waals surface area contributed by atoms with E-state index >= 15 is 0 Å². The Morgan fingerprint density at radius 3 is 2.24 bits per heavy atom. The number of esters is 1. The van der Waals surface area contributed by atoms with Crippen molar-refractivity contribution in [3.05, 3.63) is 83.4 Å². The van der Waals surface area contributed by atoms with E-state index in [1.165, 1.54) is 12.1 Å². The second-order valence-electron chi connectivity index (χ2n) is 6.90. The summed E-state index contributed by atoms with van der Waals surface area (Å²) in [5.41, 5.74) is 2.07. The molecule has 0 aliphatic heterocycles. The number of carbonyl (C=O) groups is 1. The fourth-order valence-electron chi connectivity index (χ4n) is 3.02. The Morgan fingerprint density at radius 1 is 0.939 bits per heavy atom. The molecule has 0 saturated heterocycles. The number of anilines is 3. The number of ether oxygens (including phenoxy) is 1. The smallest absolute Gasteiger partial charge is 0.338 e. The summed E-state index contributed by atoms with van der Waals surface area (Å²) in [6.45, 7) is 2.01. The van der Waals surface area contributed by atoms with Crippen LogP contribution in [0.15, 0.2) is 77.7 Å². The Labute approximate surface area is 195 Å². The number of nitrogens with one attached hydrogen (secondary N) is 2. The van der Waals surface area contributed by atoms with E-state index in [0.717, 1.165) is 0 Å². The first-order chi connectivity index (χ1) is 15.9. The highest BCUT2D eigenvalue weighted by molar-refractivity contribution is 7.92. The average molecular weight is 483 g/mol. The number of sulfonamides is 1. The van der Waals surface area contributed by atoms with E-state index in [1.54, 1.807) is 61.5 Å². The predicted octanol–water partition coefficient (Wildman–Crippen LogP) is 5.00. The molecule has 10 heteroatoms. The van der Waals surface area contributed by atoms with Crippen LogP contribution in [0.4, 0.5) is 17.3 Å². The number of halogens is 1. The number of nitrogens with zero attached hydrogens (tertiary/aromatic N) is 2. The van der Waals surface area contributed by atoms with E-state index in [9.17, 15) is 13.2 Å². The van der Waals surface area contributed by atoms with Gasteiger partial charge < -0.3 is 10.1 Å². The Kier molecular flexibility index (Phi) is 6.43. The molecule has 168 valence electrons. The molecular formula is C23H19ClN4O4S. The third-order valence-electron chi connectivity index (χ3n) is 4.57.